The summed E-state index contributed by atoms with van der Waals surface area (Å²) in [5, 5.41) is 3.15. The zero-order chi connectivity index (χ0) is 11.6. The highest BCUT2D eigenvalue weighted by atomic mass is 16.5. The number of aryl methyl sites for hydroxylation is 1. The minimum Gasteiger partial charge on any atom is -0.491 e. The fourth-order valence-electron chi connectivity index (χ4n) is 1.54. The summed E-state index contributed by atoms with van der Waals surface area (Å²) in [5.74, 6) is 0.982. The zero-order valence-electron chi connectivity index (χ0n) is 10.2. The summed E-state index contributed by atoms with van der Waals surface area (Å²) < 4.78 is 10.6. The maximum absolute atomic E-state index is 5.66. The zero-order valence-corrected chi connectivity index (χ0v) is 10.2. The van der Waals surface area contributed by atoms with Gasteiger partial charge in [-0.2, -0.15) is 0 Å². The van der Waals surface area contributed by atoms with Crippen LogP contribution in [0.3, 0.4) is 0 Å². The van der Waals surface area contributed by atoms with E-state index in [1.807, 2.05) is 19.2 Å². The minimum atomic E-state index is 0.611. The molecule has 0 spiro atoms. The molecule has 0 aliphatic heterocycles. The second-order valence-corrected chi connectivity index (χ2v) is 3.66. The van der Waals surface area contributed by atoms with Crippen LogP contribution in [-0.4, -0.2) is 33.9 Å². The van der Waals surface area contributed by atoms with Crippen LogP contribution < -0.4 is 10.1 Å². The molecule has 1 N–H and O–H groups in total. The van der Waals surface area contributed by atoms with Gasteiger partial charge in [-0.1, -0.05) is 18.2 Å². The molecule has 0 amide bonds. The highest BCUT2D eigenvalue weighted by molar-refractivity contribution is 5.33. The van der Waals surface area contributed by atoms with Gasteiger partial charge in [-0.3, -0.25) is 0 Å². The molecule has 0 saturated carbocycles. The van der Waals surface area contributed by atoms with Crippen molar-refractivity contribution in [2.45, 2.75) is 12.8 Å². The first-order chi connectivity index (χ1) is 7.88. The summed E-state index contributed by atoms with van der Waals surface area (Å²) in [4.78, 5) is 0. The van der Waals surface area contributed by atoms with Crippen LogP contribution in [0.2, 0.25) is 0 Å². The van der Waals surface area contributed by atoms with Gasteiger partial charge in [0.1, 0.15) is 12.4 Å². The van der Waals surface area contributed by atoms with Gasteiger partial charge in [0.2, 0.25) is 0 Å². The molecule has 0 atom stereocenters. The Morgan fingerprint density at radius 2 is 2.00 bits per heavy atom. The molecule has 3 heteroatoms. The Hall–Kier alpha value is -1.06. The van der Waals surface area contributed by atoms with Gasteiger partial charge in [-0.15, -0.1) is 0 Å². The van der Waals surface area contributed by atoms with Crippen molar-refractivity contribution in [2.24, 2.45) is 0 Å². The third kappa shape index (κ3) is 4.64. The number of hydrogen-bond acceptors (Lipinski definition) is 3. The van der Waals surface area contributed by atoms with Crippen LogP contribution in [0.4, 0.5) is 0 Å². The second kappa shape index (κ2) is 8.13. The molecule has 0 bridgehead atoms. The summed E-state index contributed by atoms with van der Waals surface area (Å²) in [7, 11) is 3.66. The minimum absolute atomic E-state index is 0.611. The van der Waals surface area contributed by atoms with Crippen molar-refractivity contribution in [1.82, 2.24) is 5.32 Å². The topological polar surface area (TPSA) is 30.5 Å². The molecular weight excluding hydrogens is 202 g/mol. The number of nitrogens with one attached hydrogen (secondary N) is 1. The third-order valence-corrected chi connectivity index (χ3v) is 2.39. The summed E-state index contributed by atoms with van der Waals surface area (Å²) in [6.45, 7) is 2.27. The predicted octanol–water partition coefficient (Wildman–Crippen LogP) is 1.86. The van der Waals surface area contributed by atoms with E-state index in [1.54, 1.807) is 7.11 Å². The van der Waals surface area contributed by atoms with Crippen molar-refractivity contribution >= 4 is 0 Å². The average Bonchev–Trinajstić information content (AvgIpc) is 2.32. The number of methoxy groups -OCH3 is 1. The predicted molar refractivity (Wildman–Crippen MR) is 66.1 cm³/mol. The summed E-state index contributed by atoms with van der Waals surface area (Å²) in [6.07, 6.45) is 2.17. The third-order valence-electron chi connectivity index (χ3n) is 2.39. The van der Waals surface area contributed by atoms with Crippen molar-refractivity contribution in [2.75, 3.05) is 33.9 Å². The maximum Gasteiger partial charge on any atom is 0.122 e. The number of rotatable bonds is 8. The van der Waals surface area contributed by atoms with Crippen molar-refractivity contribution in [3.8, 4) is 5.75 Å². The summed E-state index contributed by atoms with van der Waals surface area (Å²) in [5.41, 5.74) is 1.27. The van der Waals surface area contributed by atoms with Gasteiger partial charge in [0, 0.05) is 7.11 Å². The lowest BCUT2D eigenvalue weighted by atomic mass is 10.1. The molecule has 3 nitrogen and oxygen atoms in total. The summed E-state index contributed by atoms with van der Waals surface area (Å²) >= 11 is 0. The van der Waals surface area contributed by atoms with Crippen molar-refractivity contribution in [3.63, 3.8) is 0 Å². The SMILES string of the molecule is CNCCCc1ccccc1OCCOC. The fraction of sp³-hybridized carbons (Fsp3) is 0.538. The molecule has 1 aromatic carbocycles. The lowest BCUT2D eigenvalue weighted by Crippen LogP contribution is -2.09. The van der Waals surface area contributed by atoms with E-state index in [2.05, 4.69) is 17.4 Å². The Balaban J connectivity index is 2.46. The molecular formula is C13H21NO2. The van der Waals surface area contributed by atoms with E-state index in [0.29, 0.717) is 13.2 Å². The normalized spacial score (nSPS) is 10.4. The van der Waals surface area contributed by atoms with Gasteiger partial charge in [0.05, 0.1) is 6.61 Å². The van der Waals surface area contributed by atoms with Crippen molar-refractivity contribution in [1.29, 1.82) is 0 Å². The van der Waals surface area contributed by atoms with E-state index in [4.69, 9.17) is 9.47 Å². The van der Waals surface area contributed by atoms with Gasteiger partial charge < -0.3 is 14.8 Å². The van der Waals surface area contributed by atoms with Crippen LogP contribution >= 0.6 is 0 Å². The van der Waals surface area contributed by atoms with Crippen LogP contribution in [0.1, 0.15) is 12.0 Å². The molecule has 0 aliphatic rings. The molecule has 1 aromatic rings. The molecule has 1 rings (SSSR count). The molecule has 0 radical (unpaired) electrons. The van der Waals surface area contributed by atoms with Crippen molar-refractivity contribution < 1.29 is 9.47 Å². The van der Waals surface area contributed by atoms with Crippen LogP contribution in [0.5, 0.6) is 5.75 Å². The highest BCUT2D eigenvalue weighted by Crippen LogP contribution is 2.19. The molecule has 0 aliphatic carbocycles. The van der Waals surface area contributed by atoms with E-state index >= 15 is 0 Å². The molecule has 0 unspecified atom stereocenters. The number of ether oxygens (including phenoxy) is 2. The van der Waals surface area contributed by atoms with E-state index in [-0.39, 0.29) is 0 Å². The monoisotopic (exact) mass is 223 g/mol. The second-order valence-electron chi connectivity index (χ2n) is 3.66. The molecule has 90 valence electrons. The standard InChI is InChI=1S/C13H21NO2/c1-14-9-5-7-12-6-3-4-8-13(12)16-11-10-15-2/h3-4,6,8,14H,5,7,9-11H2,1-2H3. The molecule has 0 heterocycles. The van der Waals surface area contributed by atoms with E-state index < -0.39 is 0 Å². The first kappa shape index (κ1) is 13.0. The molecule has 0 fully saturated rings. The number of para-hydroxylation sites is 1. The molecule has 0 aromatic heterocycles. The Bertz CT molecular complexity index is 260. The lowest BCUT2D eigenvalue weighted by molar-refractivity contribution is 0.145. The lowest BCUT2D eigenvalue weighted by Gasteiger charge is -2.10. The Labute approximate surface area is 97.8 Å². The fourth-order valence-corrected chi connectivity index (χ4v) is 1.54. The van der Waals surface area contributed by atoms with Gasteiger partial charge in [0.15, 0.2) is 0 Å². The van der Waals surface area contributed by atoms with Crippen LogP contribution in [-0.2, 0) is 11.2 Å². The number of benzene rings is 1. The molecule has 0 saturated heterocycles. The highest BCUT2D eigenvalue weighted by Gasteiger charge is 2.02. The molecule has 16 heavy (non-hydrogen) atoms. The van der Waals surface area contributed by atoms with Gasteiger partial charge in [-0.05, 0) is 38.1 Å². The van der Waals surface area contributed by atoms with Gasteiger partial charge in [-0.25, -0.2) is 0 Å². The smallest absolute Gasteiger partial charge is 0.122 e. The van der Waals surface area contributed by atoms with E-state index in [0.717, 1.165) is 25.1 Å². The summed E-state index contributed by atoms with van der Waals surface area (Å²) in [6, 6.07) is 8.20. The number of hydrogen-bond donors (Lipinski definition) is 1. The first-order valence-corrected chi connectivity index (χ1v) is 5.72. The quantitative estimate of drug-likeness (QED) is 0.682. The van der Waals surface area contributed by atoms with Gasteiger partial charge >= 0.3 is 0 Å². The van der Waals surface area contributed by atoms with Crippen molar-refractivity contribution in [3.05, 3.63) is 29.8 Å². The Kier molecular flexibility index (Phi) is 6.61. The maximum atomic E-state index is 5.66. The van der Waals surface area contributed by atoms with Gasteiger partial charge in [0.25, 0.3) is 0 Å². The first-order valence-electron chi connectivity index (χ1n) is 5.72. The van der Waals surface area contributed by atoms with Crippen LogP contribution in [0.15, 0.2) is 24.3 Å². The largest absolute Gasteiger partial charge is 0.491 e. The Morgan fingerprint density at radius 1 is 1.19 bits per heavy atom. The van der Waals surface area contributed by atoms with Crippen LogP contribution in [0.25, 0.3) is 0 Å². The van der Waals surface area contributed by atoms with Crippen LogP contribution in [0, 0.1) is 0 Å². The average molecular weight is 223 g/mol. The van der Waals surface area contributed by atoms with E-state index in [9.17, 15) is 0 Å². The Morgan fingerprint density at radius 3 is 2.75 bits per heavy atom. The van der Waals surface area contributed by atoms with E-state index in [1.165, 1.54) is 5.56 Å².